The minimum absolute atomic E-state index is 0. The number of hydrogen-bond donors (Lipinski definition) is 1. The molecule has 1 saturated carbocycles. The van der Waals surface area contributed by atoms with Crippen molar-refractivity contribution < 1.29 is 58.9 Å². The van der Waals surface area contributed by atoms with Gasteiger partial charge < -0.3 is 16.4 Å². The molecule has 0 radical (unpaired) electrons. The first kappa shape index (κ1) is 26.4. The van der Waals surface area contributed by atoms with Gasteiger partial charge in [-0.1, -0.05) is 52.1 Å². The second kappa shape index (κ2) is 11.7. The molecule has 6 nitrogen and oxygen atoms in total. The minimum atomic E-state index is -4.42. The first-order valence-electron chi connectivity index (χ1n) is 9.04. The van der Waals surface area contributed by atoms with Crippen molar-refractivity contribution in [1.29, 1.82) is 0 Å². The molecular formula is C20H28NaO6PS. The molecule has 2 aromatic carbocycles. The molecular weight excluding hydrogens is 422 g/mol. The Kier molecular flexibility index (Phi) is 10.6. The fraction of sp³-hybridized carbons (Fsp3) is 0.400. The molecule has 0 heterocycles. The quantitative estimate of drug-likeness (QED) is 0.393. The molecule has 0 saturated heterocycles. The molecule has 3 rings (SSSR count). The van der Waals surface area contributed by atoms with Gasteiger partial charge in [-0.15, -0.1) is 0 Å². The predicted molar refractivity (Wildman–Crippen MR) is 114 cm³/mol. The van der Waals surface area contributed by atoms with Gasteiger partial charge >= 0.3 is 29.6 Å². The van der Waals surface area contributed by atoms with Gasteiger partial charge in [-0.3, -0.25) is 4.55 Å². The van der Waals surface area contributed by atoms with Gasteiger partial charge in [0.2, 0.25) is 0 Å². The van der Waals surface area contributed by atoms with Crippen LogP contribution in [-0.2, 0) is 10.1 Å². The van der Waals surface area contributed by atoms with E-state index in [4.69, 9.17) is 9.47 Å². The van der Waals surface area contributed by atoms with Crippen LogP contribution in [0.5, 0.6) is 11.5 Å². The van der Waals surface area contributed by atoms with E-state index in [2.05, 4.69) is 6.07 Å². The topological polar surface area (TPSA) is 104 Å². The fourth-order valence-electron chi connectivity index (χ4n) is 3.67. The molecule has 29 heavy (non-hydrogen) atoms. The third kappa shape index (κ3) is 6.17. The van der Waals surface area contributed by atoms with Crippen molar-refractivity contribution in [2.75, 3.05) is 14.2 Å². The maximum atomic E-state index is 11.8. The molecule has 0 spiro atoms. The Morgan fingerprint density at radius 3 is 2.28 bits per heavy atom. The zero-order valence-corrected chi connectivity index (χ0v) is 20.9. The average molecular weight is 450 g/mol. The van der Waals surface area contributed by atoms with Gasteiger partial charge in [0.1, 0.15) is 10.6 Å². The van der Waals surface area contributed by atoms with E-state index in [0.717, 1.165) is 10.9 Å². The summed E-state index contributed by atoms with van der Waals surface area (Å²) < 4.78 is 44.2. The van der Waals surface area contributed by atoms with E-state index in [-0.39, 0.29) is 47.1 Å². The summed E-state index contributed by atoms with van der Waals surface area (Å²) in [6.07, 6.45) is 6.30. The van der Waals surface area contributed by atoms with E-state index in [1.807, 2.05) is 18.2 Å². The number of methoxy groups -OCH3 is 2. The summed E-state index contributed by atoms with van der Waals surface area (Å²) in [6, 6.07) is 10.8. The Morgan fingerprint density at radius 2 is 1.69 bits per heavy atom. The van der Waals surface area contributed by atoms with Crippen molar-refractivity contribution in [1.82, 2.24) is 0 Å². The van der Waals surface area contributed by atoms with Crippen LogP contribution in [0.25, 0.3) is 11.1 Å². The second-order valence-corrected chi connectivity index (χ2v) is 9.71. The predicted octanol–water partition coefficient (Wildman–Crippen LogP) is 0.546. The molecule has 1 fully saturated rings. The van der Waals surface area contributed by atoms with Crippen molar-refractivity contribution >= 4 is 24.0 Å². The molecule has 1 aliphatic rings. The van der Waals surface area contributed by atoms with Crippen LogP contribution in [-0.4, -0.2) is 38.3 Å². The molecule has 0 aromatic heterocycles. The van der Waals surface area contributed by atoms with Crippen molar-refractivity contribution in [3.63, 3.8) is 0 Å². The molecule has 9 heteroatoms. The van der Waals surface area contributed by atoms with E-state index in [1.54, 1.807) is 6.07 Å². The minimum Gasteiger partial charge on any atom is -1.00 e. The largest absolute Gasteiger partial charge is 1.00 e. The molecule has 0 aliphatic heterocycles. The first-order chi connectivity index (χ1) is 13.0. The van der Waals surface area contributed by atoms with E-state index in [9.17, 15) is 13.0 Å². The average Bonchev–Trinajstić information content (AvgIpc) is 2.67. The van der Waals surface area contributed by atoms with Gasteiger partial charge in [-0.05, 0) is 41.5 Å². The van der Waals surface area contributed by atoms with Gasteiger partial charge in [-0.25, -0.2) is 0 Å². The van der Waals surface area contributed by atoms with Gasteiger partial charge in [-0.2, -0.15) is 8.42 Å². The molecule has 1 atom stereocenters. The van der Waals surface area contributed by atoms with Crippen molar-refractivity contribution in [2.45, 2.75) is 42.7 Å². The summed E-state index contributed by atoms with van der Waals surface area (Å²) in [4.78, 5) is -0.253. The summed E-state index contributed by atoms with van der Waals surface area (Å²) in [5.74, 6) is 0.623. The van der Waals surface area contributed by atoms with E-state index >= 15 is 0 Å². The number of rotatable bonds is 6. The van der Waals surface area contributed by atoms with Crippen molar-refractivity contribution in [3.05, 3.63) is 36.4 Å². The van der Waals surface area contributed by atoms with Crippen LogP contribution in [0.1, 0.15) is 33.5 Å². The standard InChI is InChI=1S/C20H25O5PS.Na.H2O.H/c1-24-16-12-13-18(27(21,22)23)20(25-2)19(16)15-10-6-7-11-17(15)26-14-8-4-3-5-9-14;;;/h6-7,10-14,26H,3-5,8-9H2,1-2H3,(H,21,22,23);;1H2;/q;+1;;-1. The van der Waals surface area contributed by atoms with Gasteiger partial charge in [0.05, 0.1) is 19.8 Å². The Bertz CT molecular complexity index is 920. The summed E-state index contributed by atoms with van der Waals surface area (Å²) in [5.41, 5.74) is 2.11. The molecule has 3 N–H and O–H groups in total. The van der Waals surface area contributed by atoms with Crippen LogP contribution in [0.2, 0.25) is 0 Å². The smallest absolute Gasteiger partial charge is 1.00 e. The molecule has 1 aliphatic carbocycles. The second-order valence-electron chi connectivity index (χ2n) is 6.67. The molecule has 0 amide bonds. The van der Waals surface area contributed by atoms with Crippen LogP contribution in [0.3, 0.4) is 0 Å². The van der Waals surface area contributed by atoms with Crippen LogP contribution in [0.15, 0.2) is 41.3 Å². The van der Waals surface area contributed by atoms with Crippen molar-refractivity contribution in [3.8, 4) is 22.6 Å². The monoisotopic (exact) mass is 450 g/mol. The van der Waals surface area contributed by atoms with Crippen LogP contribution in [0.4, 0.5) is 0 Å². The van der Waals surface area contributed by atoms with Gasteiger partial charge in [0, 0.05) is 0 Å². The maximum Gasteiger partial charge on any atom is 1.00 e. The molecule has 1 unspecified atom stereocenters. The summed E-state index contributed by atoms with van der Waals surface area (Å²) in [6.45, 7) is 0. The Hall–Kier alpha value is -0.660. The SMILES string of the molecule is COc1ccc(S(=O)(=O)O)c(OC)c1-c1ccccc1PC1CCCCC1.O.[H-].[Na+]. The van der Waals surface area contributed by atoms with Crippen LogP contribution < -0.4 is 44.3 Å². The summed E-state index contributed by atoms with van der Waals surface area (Å²) >= 11 is 0. The molecule has 2 aromatic rings. The zero-order chi connectivity index (χ0) is 19.4. The first-order valence-corrected chi connectivity index (χ1v) is 11.6. The van der Waals surface area contributed by atoms with E-state index in [0.29, 0.717) is 25.6 Å². The maximum absolute atomic E-state index is 11.8. The number of ether oxygens (including phenoxy) is 2. The Balaban J connectivity index is 0.00000280. The van der Waals surface area contributed by atoms with E-state index in [1.165, 1.54) is 52.4 Å². The molecule has 0 bridgehead atoms. The van der Waals surface area contributed by atoms with Gasteiger partial charge in [0.25, 0.3) is 10.1 Å². The summed E-state index contributed by atoms with van der Waals surface area (Å²) in [7, 11) is -0.845. The number of hydrogen-bond acceptors (Lipinski definition) is 4. The van der Waals surface area contributed by atoms with Gasteiger partial charge in [0.15, 0.2) is 5.75 Å². The molecule has 156 valence electrons. The summed E-state index contributed by atoms with van der Waals surface area (Å²) in [5, 5.41) is 1.16. The third-order valence-electron chi connectivity index (χ3n) is 4.95. The fourth-order valence-corrected chi connectivity index (χ4v) is 6.02. The normalized spacial score (nSPS) is 14.9. The van der Waals surface area contributed by atoms with Crippen LogP contribution >= 0.6 is 8.58 Å². The van der Waals surface area contributed by atoms with Crippen molar-refractivity contribution in [2.24, 2.45) is 0 Å². The Morgan fingerprint density at radius 1 is 1.03 bits per heavy atom. The van der Waals surface area contributed by atoms with E-state index < -0.39 is 10.1 Å². The number of benzene rings is 2. The Labute approximate surface area is 198 Å². The zero-order valence-electron chi connectivity index (χ0n) is 18.1. The van der Waals surface area contributed by atoms with Crippen LogP contribution in [0, 0.1) is 0 Å². The third-order valence-corrected chi connectivity index (χ3v) is 7.56.